The number of ether oxygens (including phenoxy) is 2. The molecule has 1 unspecified atom stereocenters. The lowest BCUT2D eigenvalue weighted by molar-refractivity contribution is 0.182. The largest absolute Gasteiger partial charge is 0.504 e. The van der Waals surface area contributed by atoms with E-state index in [4.69, 9.17) is 9.47 Å². The highest BCUT2D eigenvalue weighted by Crippen LogP contribution is 2.53. The number of aromatic hydroxyl groups is 2. The van der Waals surface area contributed by atoms with E-state index in [1.165, 1.54) is 11.1 Å². The fourth-order valence-corrected chi connectivity index (χ4v) is 4.50. The lowest BCUT2D eigenvalue weighted by Gasteiger charge is -2.42. The number of methoxy groups -OCH3 is 2. The van der Waals surface area contributed by atoms with Gasteiger partial charge in [0.05, 0.1) is 14.2 Å². The van der Waals surface area contributed by atoms with Crippen molar-refractivity contribution >= 4 is 0 Å². The van der Waals surface area contributed by atoms with Crippen LogP contribution in [0.15, 0.2) is 18.2 Å². The van der Waals surface area contributed by atoms with Crippen molar-refractivity contribution in [1.29, 1.82) is 0 Å². The lowest BCUT2D eigenvalue weighted by atomic mass is 9.76. The third kappa shape index (κ3) is 2.42. The molecule has 1 atom stereocenters. The molecule has 0 saturated carbocycles. The maximum absolute atomic E-state index is 10.9. The molecule has 26 heavy (non-hydrogen) atoms. The average molecular weight is 355 g/mol. The number of phenols is 2. The van der Waals surface area contributed by atoms with Crippen LogP contribution in [0, 0.1) is 0 Å². The summed E-state index contributed by atoms with van der Waals surface area (Å²) in [6, 6.07) is 5.80. The molecule has 2 aromatic carbocycles. The van der Waals surface area contributed by atoms with Gasteiger partial charge in [0, 0.05) is 18.2 Å². The predicted octanol–water partition coefficient (Wildman–Crippen LogP) is 3.65. The Bertz CT molecular complexity index is 862. The number of nitrogens with zero attached hydrogens (tertiary/aromatic N) is 1. The SMILES string of the molecule is CCCN1CCc2cc(OC)c(O)c3c2C1Cc1cc(OC)c(O)cc1-3. The Morgan fingerprint density at radius 2 is 1.81 bits per heavy atom. The minimum atomic E-state index is 0.0851. The van der Waals surface area contributed by atoms with Gasteiger partial charge < -0.3 is 19.7 Å². The minimum Gasteiger partial charge on any atom is -0.504 e. The fraction of sp³-hybridized carbons (Fsp3) is 0.429. The summed E-state index contributed by atoms with van der Waals surface area (Å²) in [7, 11) is 3.13. The van der Waals surface area contributed by atoms with Crippen LogP contribution in [0.25, 0.3) is 11.1 Å². The molecule has 1 aliphatic carbocycles. The van der Waals surface area contributed by atoms with E-state index in [2.05, 4.69) is 11.8 Å². The number of rotatable bonds is 4. The smallest absolute Gasteiger partial charge is 0.166 e. The van der Waals surface area contributed by atoms with Gasteiger partial charge in [-0.3, -0.25) is 4.90 Å². The Morgan fingerprint density at radius 3 is 2.50 bits per heavy atom. The molecule has 4 rings (SSSR count). The zero-order chi connectivity index (χ0) is 18.4. The maximum atomic E-state index is 10.9. The molecule has 2 N–H and O–H groups in total. The van der Waals surface area contributed by atoms with Crippen molar-refractivity contribution in [3.8, 4) is 34.1 Å². The molecule has 2 aliphatic rings. The standard InChI is InChI=1S/C21H25NO4/c1-4-6-22-7-5-12-9-18(26-3)21(24)20-14-11-16(23)17(25-2)10-13(14)8-15(22)19(12)20/h9-11,15,23-24H,4-8H2,1-3H3. The highest BCUT2D eigenvalue weighted by molar-refractivity contribution is 5.84. The molecule has 0 aromatic heterocycles. The highest BCUT2D eigenvalue weighted by Gasteiger charge is 2.37. The van der Waals surface area contributed by atoms with E-state index in [1.807, 2.05) is 12.1 Å². The monoisotopic (exact) mass is 355 g/mol. The van der Waals surface area contributed by atoms with E-state index >= 15 is 0 Å². The van der Waals surface area contributed by atoms with Crippen molar-refractivity contribution in [2.45, 2.75) is 32.2 Å². The summed E-state index contributed by atoms with van der Waals surface area (Å²) < 4.78 is 10.7. The van der Waals surface area contributed by atoms with Gasteiger partial charge in [0.25, 0.3) is 0 Å². The van der Waals surface area contributed by atoms with Gasteiger partial charge in [0.1, 0.15) is 0 Å². The quantitative estimate of drug-likeness (QED) is 0.877. The molecule has 5 nitrogen and oxygen atoms in total. The molecule has 0 spiro atoms. The van der Waals surface area contributed by atoms with Crippen molar-refractivity contribution < 1.29 is 19.7 Å². The molecule has 0 bridgehead atoms. The summed E-state index contributed by atoms with van der Waals surface area (Å²) in [5.41, 5.74) is 5.15. The van der Waals surface area contributed by atoms with Gasteiger partial charge in [-0.15, -0.1) is 0 Å². The molecule has 0 fully saturated rings. The molecule has 0 radical (unpaired) electrons. The van der Waals surface area contributed by atoms with Crippen molar-refractivity contribution in [3.63, 3.8) is 0 Å². The second-order valence-corrected chi connectivity index (χ2v) is 7.06. The zero-order valence-electron chi connectivity index (χ0n) is 15.5. The number of hydrogen-bond donors (Lipinski definition) is 2. The number of fused-ring (bicyclic) bond motifs is 2. The third-order valence-corrected chi connectivity index (χ3v) is 5.65. The van der Waals surface area contributed by atoms with Crippen molar-refractivity contribution in [1.82, 2.24) is 4.90 Å². The summed E-state index contributed by atoms with van der Waals surface area (Å²) in [5.74, 6) is 1.19. The molecule has 1 aliphatic heterocycles. The third-order valence-electron chi connectivity index (χ3n) is 5.65. The van der Waals surface area contributed by atoms with E-state index in [1.54, 1.807) is 20.3 Å². The first-order chi connectivity index (χ1) is 12.6. The summed E-state index contributed by atoms with van der Waals surface area (Å²) >= 11 is 0. The van der Waals surface area contributed by atoms with E-state index in [9.17, 15) is 10.2 Å². The van der Waals surface area contributed by atoms with Gasteiger partial charge in [-0.05, 0) is 66.3 Å². The molecule has 2 aromatic rings. The predicted molar refractivity (Wildman–Crippen MR) is 100 cm³/mol. The molecule has 138 valence electrons. The van der Waals surface area contributed by atoms with Crippen molar-refractivity contribution in [3.05, 3.63) is 34.9 Å². The van der Waals surface area contributed by atoms with Crippen LogP contribution < -0.4 is 9.47 Å². The first-order valence-corrected chi connectivity index (χ1v) is 9.16. The minimum absolute atomic E-state index is 0.0851. The van der Waals surface area contributed by atoms with Gasteiger partial charge >= 0.3 is 0 Å². The van der Waals surface area contributed by atoms with Gasteiger partial charge in [-0.25, -0.2) is 0 Å². The van der Waals surface area contributed by atoms with Crippen molar-refractivity contribution in [2.24, 2.45) is 0 Å². The topological polar surface area (TPSA) is 62.2 Å². The Balaban J connectivity index is 1.99. The van der Waals surface area contributed by atoms with Crippen LogP contribution in [0.2, 0.25) is 0 Å². The van der Waals surface area contributed by atoms with Crippen LogP contribution in [0.5, 0.6) is 23.0 Å². The summed E-state index contributed by atoms with van der Waals surface area (Å²) in [6.45, 7) is 4.23. The molecule has 0 saturated heterocycles. The van der Waals surface area contributed by atoms with Gasteiger partial charge in [-0.2, -0.15) is 0 Å². The fourth-order valence-electron chi connectivity index (χ4n) is 4.50. The van der Waals surface area contributed by atoms with Crippen LogP contribution in [0.1, 0.15) is 36.1 Å². The van der Waals surface area contributed by atoms with Crippen LogP contribution >= 0.6 is 0 Å². The van der Waals surface area contributed by atoms with Gasteiger partial charge in [0.2, 0.25) is 0 Å². The first-order valence-electron chi connectivity index (χ1n) is 9.16. The van der Waals surface area contributed by atoms with Gasteiger partial charge in [0.15, 0.2) is 23.0 Å². The van der Waals surface area contributed by atoms with E-state index in [-0.39, 0.29) is 17.5 Å². The second kappa shape index (κ2) is 6.40. The number of hydrogen-bond acceptors (Lipinski definition) is 5. The maximum Gasteiger partial charge on any atom is 0.166 e. The Labute approximate surface area is 153 Å². The Kier molecular flexibility index (Phi) is 4.19. The molecule has 1 heterocycles. The zero-order valence-corrected chi connectivity index (χ0v) is 15.5. The van der Waals surface area contributed by atoms with Crippen LogP contribution in [0.4, 0.5) is 0 Å². The van der Waals surface area contributed by atoms with E-state index in [0.29, 0.717) is 11.5 Å². The van der Waals surface area contributed by atoms with Crippen LogP contribution in [0.3, 0.4) is 0 Å². The van der Waals surface area contributed by atoms with E-state index in [0.717, 1.165) is 49.0 Å². The molecule has 0 amide bonds. The molecular formula is C21H25NO4. The van der Waals surface area contributed by atoms with E-state index < -0.39 is 0 Å². The summed E-state index contributed by atoms with van der Waals surface area (Å²) in [6.07, 6.45) is 2.87. The highest BCUT2D eigenvalue weighted by atomic mass is 16.5. The molecule has 5 heteroatoms. The number of phenolic OH excluding ortho intramolecular Hbond substituents is 2. The number of benzene rings is 2. The Morgan fingerprint density at radius 1 is 1.08 bits per heavy atom. The normalized spacial score (nSPS) is 18.2. The van der Waals surface area contributed by atoms with Crippen LogP contribution in [-0.2, 0) is 12.8 Å². The van der Waals surface area contributed by atoms with Crippen LogP contribution in [-0.4, -0.2) is 42.4 Å². The van der Waals surface area contributed by atoms with Gasteiger partial charge in [-0.1, -0.05) is 6.92 Å². The second-order valence-electron chi connectivity index (χ2n) is 7.06. The first kappa shape index (κ1) is 17.0. The van der Waals surface area contributed by atoms with Crippen molar-refractivity contribution in [2.75, 3.05) is 27.3 Å². The summed E-state index contributed by atoms with van der Waals surface area (Å²) in [5, 5.41) is 21.2. The summed E-state index contributed by atoms with van der Waals surface area (Å²) in [4.78, 5) is 2.50. The Hall–Kier alpha value is -2.40. The lowest BCUT2D eigenvalue weighted by Crippen LogP contribution is -2.38. The molecular weight excluding hydrogens is 330 g/mol. The average Bonchev–Trinajstić information content (AvgIpc) is 2.65.